The lowest BCUT2D eigenvalue weighted by Gasteiger charge is -2.42. The Hall–Kier alpha value is -1.57. The number of amides is 3. The van der Waals surface area contributed by atoms with Gasteiger partial charge in [0, 0.05) is 6.54 Å². The highest BCUT2D eigenvalue weighted by molar-refractivity contribution is 6.07. The van der Waals surface area contributed by atoms with E-state index >= 15 is 0 Å². The highest BCUT2D eigenvalue weighted by Crippen LogP contribution is 2.45. The fraction of sp³-hybridized carbons (Fsp3) is 0.812. The number of urea groups is 1. The van der Waals surface area contributed by atoms with E-state index in [2.05, 4.69) is 26.1 Å². The normalized spacial score (nSPS) is 29.6. The minimum atomic E-state index is -0.702. The number of carbonyl (C=O) groups excluding carboxylic acids is 2. The number of imide groups is 1. The summed E-state index contributed by atoms with van der Waals surface area (Å²) in [6, 6.07) is 1.66. The predicted molar refractivity (Wildman–Crippen MR) is 79.2 cm³/mol. The number of hydrogen-bond donors (Lipinski definition) is 1. The van der Waals surface area contributed by atoms with Crippen LogP contribution >= 0.6 is 0 Å². The second-order valence-corrected chi connectivity index (χ2v) is 6.99. The van der Waals surface area contributed by atoms with Crippen molar-refractivity contribution in [2.24, 2.45) is 11.3 Å². The third-order valence-electron chi connectivity index (χ3n) is 5.55. The van der Waals surface area contributed by atoms with Crippen LogP contribution in [0.15, 0.2) is 0 Å². The molecule has 0 atom stereocenters. The summed E-state index contributed by atoms with van der Waals surface area (Å²) in [6.45, 7) is 6.97. The number of carbonyl (C=O) groups is 2. The van der Waals surface area contributed by atoms with Gasteiger partial charge in [-0.15, -0.1) is 0 Å². The minimum Gasteiger partial charge on any atom is -0.323 e. The zero-order valence-corrected chi connectivity index (χ0v) is 13.2. The summed E-state index contributed by atoms with van der Waals surface area (Å²) in [5.74, 6) is 0.474. The molecule has 5 heteroatoms. The molecule has 0 bridgehead atoms. The Kier molecular flexibility index (Phi) is 4.27. The third kappa shape index (κ3) is 2.76. The summed E-state index contributed by atoms with van der Waals surface area (Å²) in [5, 5.41) is 11.5. The second kappa shape index (κ2) is 5.67. The molecule has 1 aliphatic carbocycles. The molecule has 2 fully saturated rings. The van der Waals surface area contributed by atoms with Gasteiger partial charge in [0.2, 0.25) is 0 Å². The van der Waals surface area contributed by atoms with E-state index in [0.717, 1.165) is 19.3 Å². The van der Waals surface area contributed by atoms with Crippen LogP contribution in [-0.4, -0.2) is 28.9 Å². The van der Waals surface area contributed by atoms with Crippen molar-refractivity contribution < 1.29 is 9.59 Å². The number of nitriles is 1. The molecule has 1 saturated heterocycles. The number of rotatable bonds is 4. The molecule has 5 nitrogen and oxygen atoms in total. The average Bonchev–Trinajstić information content (AvgIpc) is 2.69. The number of hydrogen-bond acceptors (Lipinski definition) is 3. The number of nitrogens with one attached hydrogen (secondary N) is 1. The van der Waals surface area contributed by atoms with Gasteiger partial charge in [-0.3, -0.25) is 9.69 Å². The van der Waals surface area contributed by atoms with Gasteiger partial charge in [-0.1, -0.05) is 27.2 Å². The maximum absolute atomic E-state index is 12.6. The van der Waals surface area contributed by atoms with Crippen LogP contribution in [0.4, 0.5) is 4.79 Å². The Morgan fingerprint density at radius 2 is 2.00 bits per heavy atom. The predicted octanol–water partition coefficient (Wildman–Crippen LogP) is 2.82. The summed E-state index contributed by atoms with van der Waals surface area (Å²) in [4.78, 5) is 25.8. The largest absolute Gasteiger partial charge is 0.325 e. The first-order valence-corrected chi connectivity index (χ1v) is 7.87. The molecule has 1 spiro atoms. The molecule has 0 aromatic carbocycles. The Bertz CT molecular complexity index is 470. The fourth-order valence-corrected chi connectivity index (χ4v) is 3.56. The van der Waals surface area contributed by atoms with Crippen molar-refractivity contribution in [3.8, 4) is 6.07 Å². The Labute approximate surface area is 126 Å². The zero-order valence-electron chi connectivity index (χ0n) is 13.2. The van der Waals surface area contributed by atoms with Crippen molar-refractivity contribution >= 4 is 11.9 Å². The summed E-state index contributed by atoms with van der Waals surface area (Å²) in [5.41, 5.74) is -0.416. The maximum Gasteiger partial charge on any atom is 0.325 e. The summed E-state index contributed by atoms with van der Waals surface area (Å²) in [6.07, 6.45) is 4.70. The smallest absolute Gasteiger partial charge is 0.323 e. The molecule has 2 rings (SSSR count). The minimum absolute atomic E-state index is 0.129. The summed E-state index contributed by atoms with van der Waals surface area (Å²) in [7, 11) is 0. The Balaban J connectivity index is 2.05. The van der Waals surface area contributed by atoms with Gasteiger partial charge < -0.3 is 5.32 Å². The molecular weight excluding hydrogens is 266 g/mol. The van der Waals surface area contributed by atoms with E-state index in [9.17, 15) is 9.59 Å². The van der Waals surface area contributed by atoms with Crippen molar-refractivity contribution in [1.82, 2.24) is 10.2 Å². The van der Waals surface area contributed by atoms with E-state index < -0.39 is 5.54 Å². The van der Waals surface area contributed by atoms with E-state index in [1.54, 1.807) is 0 Å². The van der Waals surface area contributed by atoms with E-state index in [4.69, 9.17) is 5.26 Å². The van der Waals surface area contributed by atoms with Gasteiger partial charge in [0.05, 0.1) is 12.5 Å². The SMILES string of the molecule is CCC(C)(C)C1CCC2(CC1)NC(=O)N(CCC#N)C2=O. The maximum atomic E-state index is 12.6. The molecule has 3 amide bonds. The molecule has 1 saturated carbocycles. The fourth-order valence-electron chi connectivity index (χ4n) is 3.56. The van der Waals surface area contributed by atoms with Gasteiger partial charge in [-0.25, -0.2) is 4.79 Å². The van der Waals surface area contributed by atoms with Gasteiger partial charge in [0.25, 0.3) is 5.91 Å². The number of nitrogens with zero attached hydrogens (tertiary/aromatic N) is 2. The topological polar surface area (TPSA) is 73.2 Å². The molecule has 1 N–H and O–H groups in total. The first kappa shape index (κ1) is 15.8. The molecule has 2 aliphatic rings. The van der Waals surface area contributed by atoms with E-state index in [0.29, 0.717) is 18.8 Å². The molecular formula is C16H25N3O2. The highest BCUT2D eigenvalue weighted by Gasteiger charge is 2.53. The molecule has 0 aromatic heterocycles. The molecule has 21 heavy (non-hydrogen) atoms. The summed E-state index contributed by atoms with van der Waals surface area (Å²) >= 11 is 0. The lowest BCUT2D eigenvalue weighted by atomic mass is 9.65. The van der Waals surface area contributed by atoms with Crippen molar-refractivity contribution in [2.45, 2.75) is 64.8 Å². The lowest BCUT2D eigenvalue weighted by Crippen LogP contribution is -2.50. The summed E-state index contributed by atoms with van der Waals surface area (Å²) < 4.78 is 0. The molecule has 0 aromatic rings. The van der Waals surface area contributed by atoms with Crippen molar-refractivity contribution in [2.75, 3.05) is 6.54 Å². The van der Waals surface area contributed by atoms with E-state index in [1.807, 2.05) is 6.07 Å². The van der Waals surface area contributed by atoms with Crippen LogP contribution < -0.4 is 5.32 Å². The van der Waals surface area contributed by atoms with Gasteiger partial charge in [-0.2, -0.15) is 5.26 Å². The molecule has 116 valence electrons. The standard InChI is InChI=1S/C16H25N3O2/c1-4-15(2,3)12-6-8-16(9-7-12)13(20)19(11-5-10-17)14(21)18-16/h12H,4-9,11H2,1-3H3,(H,18,21). The van der Waals surface area contributed by atoms with Gasteiger partial charge in [-0.05, 0) is 37.0 Å². The van der Waals surface area contributed by atoms with Crippen LogP contribution in [-0.2, 0) is 4.79 Å². The Morgan fingerprint density at radius 1 is 1.38 bits per heavy atom. The van der Waals surface area contributed by atoms with Gasteiger partial charge in [0.15, 0.2) is 0 Å². The van der Waals surface area contributed by atoms with Crippen LogP contribution in [0.3, 0.4) is 0 Å². The van der Waals surface area contributed by atoms with Crippen molar-refractivity contribution in [3.05, 3.63) is 0 Å². The van der Waals surface area contributed by atoms with E-state index in [-0.39, 0.29) is 30.3 Å². The van der Waals surface area contributed by atoms with Crippen LogP contribution in [0, 0.1) is 22.7 Å². The second-order valence-electron chi connectivity index (χ2n) is 6.99. The molecule has 0 unspecified atom stereocenters. The van der Waals surface area contributed by atoms with Crippen molar-refractivity contribution in [3.63, 3.8) is 0 Å². The van der Waals surface area contributed by atoms with Crippen molar-refractivity contribution in [1.29, 1.82) is 5.26 Å². The molecule has 0 radical (unpaired) electrons. The molecule has 1 heterocycles. The van der Waals surface area contributed by atoms with Gasteiger partial charge in [0.1, 0.15) is 5.54 Å². The third-order valence-corrected chi connectivity index (χ3v) is 5.55. The van der Waals surface area contributed by atoms with Crippen LogP contribution in [0.25, 0.3) is 0 Å². The highest BCUT2D eigenvalue weighted by atomic mass is 16.2. The van der Waals surface area contributed by atoms with Crippen LogP contribution in [0.5, 0.6) is 0 Å². The molecule has 1 aliphatic heterocycles. The lowest BCUT2D eigenvalue weighted by molar-refractivity contribution is -0.133. The first-order valence-electron chi connectivity index (χ1n) is 7.87. The first-order chi connectivity index (χ1) is 9.86. The van der Waals surface area contributed by atoms with Crippen LogP contribution in [0.2, 0.25) is 0 Å². The Morgan fingerprint density at radius 3 is 2.52 bits per heavy atom. The van der Waals surface area contributed by atoms with Gasteiger partial charge >= 0.3 is 6.03 Å². The average molecular weight is 291 g/mol. The van der Waals surface area contributed by atoms with Crippen LogP contribution in [0.1, 0.15) is 59.3 Å². The van der Waals surface area contributed by atoms with E-state index in [1.165, 1.54) is 4.90 Å². The quantitative estimate of drug-likeness (QED) is 0.809. The zero-order chi connectivity index (χ0) is 15.7. The monoisotopic (exact) mass is 291 g/mol.